The lowest BCUT2D eigenvalue weighted by atomic mass is 10.1. The van der Waals surface area contributed by atoms with Crippen molar-refractivity contribution in [2.75, 3.05) is 0 Å². The molecule has 2 aromatic rings. The minimum absolute atomic E-state index is 0.274. The Labute approximate surface area is 111 Å². The Morgan fingerprint density at radius 3 is 2.72 bits per heavy atom. The van der Waals surface area contributed by atoms with Crippen LogP contribution in [-0.4, -0.2) is 16.3 Å². The summed E-state index contributed by atoms with van der Waals surface area (Å²) in [5.74, 6) is 0.274. The highest BCUT2D eigenvalue weighted by atomic mass is 32.2. The Kier molecular flexibility index (Phi) is 4.10. The van der Waals surface area contributed by atoms with Crippen LogP contribution in [0.5, 0.6) is 0 Å². The van der Waals surface area contributed by atoms with Crippen LogP contribution in [-0.2, 0) is 0 Å². The molecule has 3 N–H and O–H groups in total. The number of benzene rings is 2. The Morgan fingerprint density at radius 2 is 2.00 bits per heavy atom. The minimum Gasteiger partial charge on any atom is -0.409 e. The zero-order valence-electron chi connectivity index (χ0n) is 10.2. The van der Waals surface area contributed by atoms with Crippen LogP contribution in [0.1, 0.15) is 13.3 Å². The van der Waals surface area contributed by atoms with E-state index in [2.05, 4.69) is 42.4 Å². The Balaban J connectivity index is 2.12. The summed E-state index contributed by atoms with van der Waals surface area (Å²) in [6.45, 7) is 2.07. The minimum atomic E-state index is 0.274. The average molecular weight is 260 g/mol. The van der Waals surface area contributed by atoms with E-state index < -0.39 is 0 Å². The van der Waals surface area contributed by atoms with Crippen LogP contribution in [0.2, 0.25) is 0 Å². The number of fused-ring (bicyclic) bond motifs is 1. The van der Waals surface area contributed by atoms with Crippen LogP contribution >= 0.6 is 11.8 Å². The zero-order chi connectivity index (χ0) is 13.0. The number of amidine groups is 1. The van der Waals surface area contributed by atoms with Gasteiger partial charge in [0.25, 0.3) is 0 Å². The maximum Gasteiger partial charge on any atom is 0.140 e. The number of hydrogen-bond donors (Lipinski definition) is 2. The highest BCUT2D eigenvalue weighted by Gasteiger charge is 2.07. The quantitative estimate of drug-likeness (QED) is 0.291. The van der Waals surface area contributed by atoms with Crippen LogP contribution in [0.3, 0.4) is 0 Å². The lowest BCUT2D eigenvalue weighted by Crippen LogP contribution is -2.16. The van der Waals surface area contributed by atoms with Gasteiger partial charge in [-0.25, -0.2) is 0 Å². The molecule has 4 heteroatoms. The van der Waals surface area contributed by atoms with Gasteiger partial charge in [-0.05, 0) is 22.9 Å². The maximum atomic E-state index is 8.54. The molecule has 1 unspecified atom stereocenters. The van der Waals surface area contributed by atoms with Gasteiger partial charge in [-0.1, -0.05) is 42.4 Å². The van der Waals surface area contributed by atoms with Crippen molar-refractivity contribution in [2.24, 2.45) is 10.9 Å². The molecule has 2 rings (SSSR count). The molecule has 0 saturated heterocycles. The van der Waals surface area contributed by atoms with Crippen molar-refractivity contribution < 1.29 is 5.21 Å². The molecule has 94 valence electrons. The highest BCUT2D eigenvalue weighted by molar-refractivity contribution is 8.00. The molecule has 0 aromatic heterocycles. The summed E-state index contributed by atoms with van der Waals surface area (Å²) in [6, 6.07) is 14.7. The smallest absolute Gasteiger partial charge is 0.140 e. The van der Waals surface area contributed by atoms with Gasteiger partial charge in [0.05, 0.1) is 0 Å². The standard InChI is InChI=1S/C14H16N2OS/c1-10(8-14(15)16-17)18-13-7-6-11-4-2-3-5-12(11)9-13/h2-7,9-10,17H,8H2,1H3,(H2,15,16). The number of rotatable bonds is 4. The average Bonchev–Trinajstić information content (AvgIpc) is 2.38. The molecule has 0 fully saturated rings. The maximum absolute atomic E-state index is 8.54. The second kappa shape index (κ2) is 5.78. The Bertz CT molecular complexity index is 568. The van der Waals surface area contributed by atoms with Gasteiger partial charge in [0.1, 0.15) is 5.84 Å². The molecule has 18 heavy (non-hydrogen) atoms. The van der Waals surface area contributed by atoms with Gasteiger partial charge in [-0.2, -0.15) is 0 Å². The molecular formula is C14H16N2OS. The molecule has 1 atom stereocenters. The third-order valence-corrected chi connectivity index (χ3v) is 3.78. The summed E-state index contributed by atoms with van der Waals surface area (Å²) in [5, 5.41) is 14.3. The van der Waals surface area contributed by atoms with Gasteiger partial charge in [-0.15, -0.1) is 11.8 Å². The first-order valence-electron chi connectivity index (χ1n) is 5.81. The fraction of sp³-hybridized carbons (Fsp3) is 0.214. The fourth-order valence-electron chi connectivity index (χ4n) is 1.85. The first-order chi connectivity index (χ1) is 8.69. The zero-order valence-corrected chi connectivity index (χ0v) is 11.0. The van der Waals surface area contributed by atoms with Crippen LogP contribution in [0.15, 0.2) is 52.5 Å². The first-order valence-corrected chi connectivity index (χ1v) is 6.69. The predicted molar refractivity (Wildman–Crippen MR) is 77.3 cm³/mol. The van der Waals surface area contributed by atoms with E-state index in [-0.39, 0.29) is 11.1 Å². The van der Waals surface area contributed by atoms with Crippen molar-refractivity contribution in [1.29, 1.82) is 0 Å². The molecule has 0 aliphatic carbocycles. The summed E-state index contributed by atoms with van der Waals surface area (Å²) in [7, 11) is 0. The van der Waals surface area contributed by atoms with Gasteiger partial charge >= 0.3 is 0 Å². The topological polar surface area (TPSA) is 58.6 Å². The summed E-state index contributed by atoms with van der Waals surface area (Å²) >= 11 is 1.73. The van der Waals surface area contributed by atoms with Crippen molar-refractivity contribution in [3.8, 4) is 0 Å². The number of hydrogen-bond acceptors (Lipinski definition) is 3. The van der Waals surface area contributed by atoms with Gasteiger partial charge < -0.3 is 10.9 Å². The number of thioether (sulfide) groups is 1. The molecule has 0 bridgehead atoms. The van der Waals surface area contributed by atoms with Crippen LogP contribution < -0.4 is 5.73 Å². The number of nitrogens with two attached hydrogens (primary N) is 1. The van der Waals surface area contributed by atoms with E-state index in [1.165, 1.54) is 15.7 Å². The first kappa shape index (κ1) is 12.8. The molecule has 0 radical (unpaired) electrons. The molecule has 0 saturated carbocycles. The van der Waals surface area contributed by atoms with Crippen molar-refractivity contribution >= 4 is 28.4 Å². The SMILES string of the molecule is CC(C/C(N)=N/O)Sc1ccc2ccccc2c1. The highest BCUT2D eigenvalue weighted by Crippen LogP contribution is 2.28. The van der Waals surface area contributed by atoms with Crippen LogP contribution in [0.25, 0.3) is 10.8 Å². The molecule has 2 aromatic carbocycles. The summed E-state index contributed by atoms with van der Waals surface area (Å²) in [5.41, 5.74) is 5.50. The van der Waals surface area contributed by atoms with E-state index in [0.717, 1.165) is 0 Å². The van der Waals surface area contributed by atoms with E-state index >= 15 is 0 Å². The molecule has 0 heterocycles. The fourth-order valence-corrected chi connectivity index (χ4v) is 2.91. The molecule has 3 nitrogen and oxygen atoms in total. The Morgan fingerprint density at radius 1 is 1.28 bits per heavy atom. The van der Waals surface area contributed by atoms with E-state index in [9.17, 15) is 0 Å². The third-order valence-electron chi connectivity index (χ3n) is 2.68. The van der Waals surface area contributed by atoms with Crippen LogP contribution in [0, 0.1) is 0 Å². The van der Waals surface area contributed by atoms with Gasteiger partial charge in [-0.3, -0.25) is 0 Å². The summed E-state index contributed by atoms with van der Waals surface area (Å²) < 4.78 is 0. The summed E-state index contributed by atoms with van der Waals surface area (Å²) in [4.78, 5) is 1.20. The normalized spacial score (nSPS) is 13.7. The van der Waals surface area contributed by atoms with Gasteiger partial charge in [0.15, 0.2) is 0 Å². The summed E-state index contributed by atoms with van der Waals surface area (Å²) in [6.07, 6.45) is 0.577. The largest absolute Gasteiger partial charge is 0.409 e. The third kappa shape index (κ3) is 3.17. The molecule has 0 aliphatic rings. The lowest BCUT2D eigenvalue weighted by molar-refractivity contribution is 0.317. The van der Waals surface area contributed by atoms with Crippen molar-refractivity contribution in [1.82, 2.24) is 0 Å². The van der Waals surface area contributed by atoms with Gasteiger partial charge in [0.2, 0.25) is 0 Å². The lowest BCUT2D eigenvalue weighted by Gasteiger charge is -2.10. The van der Waals surface area contributed by atoms with Crippen molar-refractivity contribution in [2.45, 2.75) is 23.5 Å². The second-order valence-electron chi connectivity index (χ2n) is 4.23. The van der Waals surface area contributed by atoms with Crippen LogP contribution in [0.4, 0.5) is 0 Å². The second-order valence-corrected chi connectivity index (χ2v) is 5.74. The molecule has 0 spiro atoms. The van der Waals surface area contributed by atoms with E-state index in [0.29, 0.717) is 6.42 Å². The number of oxime groups is 1. The van der Waals surface area contributed by atoms with Crippen molar-refractivity contribution in [3.63, 3.8) is 0 Å². The van der Waals surface area contributed by atoms with Crippen molar-refractivity contribution in [3.05, 3.63) is 42.5 Å². The number of nitrogens with zero attached hydrogens (tertiary/aromatic N) is 1. The molecule has 0 amide bonds. The van der Waals surface area contributed by atoms with E-state index in [1.54, 1.807) is 11.8 Å². The Hall–Kier alpha value is -1.68. The molecular weight excluding hydrogens is 244 g/mol. The molecule has 0 aliphatic heterocycles. The van der Waals surface area contributed by atoms with Gasteiger partial charge in [0, 0.05) is 16.6 Å². The van der Waals surface area contributed by atoms with E-state index in [4.69, 9.17) is 10.9 Å². The monoisotopic (exact) mass is 260 g/mol. The predicted octanol–water partition coefficient (Wildman–Crippen LogP) is 3.46. The van der Waals surface area contributed by atoms with E-state index in [1.807, 2.05) is 12.1 Å².